The average Bonchev–Trinajstić information content (AvgIpc) is 2.72. The molecule has 0 saturated carbocycles. The van der Waals surface area contributed by atoms with Crippen LogP contribution in [0.1, 0.15) is 23.2 Å². The van der Waals surface area contributed by atoms with Crippen LogP contribution in [-0.2, 0) is 10.0 Å². The Bertz CT molecular complexity index is 990. The van der Waals surface area contributed by atoms with E-state index in [9.17, 15) is 22.0 Å². The Morgan fingerprint density at radius 3 is 2.52 bits per heavy atom. The Kier molecular flexibility index (Phi) is 6.49. The van der Waals surface area contributed by atoms with Gasteiger partial charge in [0.1, 0.15) is 22.3 Å². The number of nitrogens with one attached hydrogen (secondary N) is 1. The van der Waals surface area contributed by atoms with Gasteiger partial charge in [-0.15, -0.1) is 0 Å². The van der Waals surface area contributed by atoms with Crippen molar-refractivity contribution in [2.75, 3.05) is 26.7 Å². The van der Waals surface area contributed by atoms with Gasteiger partial charge in [0.25, 0.3) is 5.91 Å². The molecule has 0 unspecified atom stereocenters. The second kappa shape index (κ2) is 8.87. The molecular formula is C20H22F2N2O4S. The Balaban J connectivity index is 1.58. The molecule has 0 aromatic heterocycles. The first-order valence-electron chi connectivity index (χ1n) is 9.19. The number of carbonyl (C=O) groups is 1. The Hall–Kier alpha value is -2.52. The van der Waals surface area contributed by atoms with Gasteiger partial charge in [0.15, 0.2) is 0 Å². The zero-order valence-corrected chi connectivity index (χ0v) is 16.7. The summed E-state index contributed by atoms with van der Waals surface area (Å²) < 4.78 is 59.9. The summed E-state index contributed by atoms with van der Waals surface area (Å²) in [5.74, 6) is -1.53. The monoisotopic (exact) mass is 424 g/mol. The van der Waals surface area contributed by atoms with Gasteiger partial charge in [-0.2, -0.15) is 0 Å². The molecule has 2 aromatic carbocycles. The number of amides is 1. The van der Waals surface area contributed by atoms with Gasteiger partial charge in [-0.3, -0.25) is 4.79 Å². The van der Waals surface area contributed by atoms with Crippen molar-refractivity contribution in [1.82, 2.24) is 9.62 Å². The number of sulfonamides is 1. The molecule has 1 heterocycles. The number of nitrogens with zero attached hydrogens (tertiary/aromatic N) is 1. The van der Waals surface area contributed by atoms with Crippen molar-refractivity contribution in [2.24, 2.45) is 5.92 Å². The summed E-state index contributed by atoms with van der Waals surface area (Å²) in [5.41, 5.74) is 0.0323. The number of benzene rings is 2. The van der Waals surface area contributed by atoms with Crippen LogP contribution in [0.4, 0.5) is 8.78 Å². The number of hydrogen-bond acceptors (Lipinski definition) is 4. The smallest absolute Gasteiger partial charge is 0.256 e. The molecule has 3 rings (SSSR count). The third-order valence-corrected chi connectivity index (χ3v) is 6.43. The summed E-state index contributed by atoms with van der Waals surface area (Å²) in [6.45, 7) is 0.968. The van der Waals surface area contributed by atoms with E-state index >= 15 is 0 Å². The summed E-state index contributed by atoms with van der Waals surface area (Å²) in [4.78, 5) is 13.8. The van der Waals surface area contributed by atoms with Crippen molar-refractivity contribution in [1.29, 1.82) is 0 Å². The van der Waals surface area contributed by atoms with Crippen LogP contribution in [0.25, 0.3) is 0 Å². The number of ether oxygens (including phenoxy) is 1. The lowest BCUT2D eigenvalue weighted by Crippen LogP contribution is -2.41. The van der Waals surface area contributed by atoms with E-state index in [-0.39, 0.29) is 34.6 Å². The van der Waals surface area contributed by atoms with E-state index in [1.165, 1.54) is 31.4 Å². The molecule has 1 N–H and O–H groups in total. The molecule has 0 spiro atoms. The number of methoxy groups -OCH3 is 1. The van der Waals surface area contributed by atoms with Crippen molar-refractivity contribution in [3.63, 3.8) is 0 Å². The highest BCUT2D eigenvalue weighted by atomic mass is 32.2. The van der Waals surface area contributed by atoms with Crippen LogP contribution in [0.2, 0.25) is 0 Å². The molecule has 1 saturated heterocycles. The minimum Gasteiger partial charge on any atom is -0.495 e. The van der Waals surface area contributed by atoms with E-state index in [4.69, 9.17) is 4.74 Å². The summed E-state index contributed by atoms with van der Waals surface area (Å²) in [6.07, 6.45) is 1.14. The molecule has 6 nitrogen and oxygen atoms in total. The summed E-state index contributed by atoms with van der Waals surface area (Å²) >= 11 is 0. The molecule has 0 atom stereocenters. The Labute approximate surface area is 168 Å². The molecule has 29 heavy (non-hydrogen) atoms. The van der Waals surface area contributed by atoms with E-state index < -0.39 is 21.7 Å². The fourth-order valence-corrected chi connectivity index (χ4v) is 4.61. The maximum absolute atomic E-state index is 13.8. The van der Waals surface area contributed by atoms with Crippen molar-refractivity contribution in [3.8, 4) is 5.75 Å². The first-order valence-corrected chi connectivity index (χ1v) is 10.7. The van der Waals surface area contributed by atoms with Crippen molar-refractivity contribution < 1.29 is 26.7 Å². The number of piperidine rings is 1. The minimum atomic E-state index is -3.95. The van der Waals surface area contributed by atoms with Crippen LogP contribution in [0, 0.1) is 17.6 Å². The molecule has 0 bridgehead atoms. The number of carbonyl (C=O) groups excluding carboxylic acids is 1. The normalized spacial score (nSPS) is 15.3. The first-order chi connectivity index (χ1) is 13.8. The average molecular weight is 424 g/mol. The number of rotatable bonds is 6. The van der Waals surface area contributed by atoms with Crippen LogP contribution in [0.5, 0.6) is 5.75 Å². The molecule has 2 aromatic rings. The van der Waals surface area contributed by atoms with Gasteiger partial charge in [0.2, 0.25) is 10.0 Å². The maximum atomic E-state index is 13.8. The van der Waals surface area contributed by atoms with E-state index in [2.05, 4.69) is 4.72 Å². The van der Waals surface area contributed by atoms with Crippen LogP contribution in [-0.4, -0.2) is 46.0 Å². The summed E-state index contributed by atoms with van der Waals surface area (Å²) in [5, 5.41) is 0. The molecule has 0 aliphatic carbocycles. The Morgan fingerprint density at radius 1 is 1.17 bits per heavy atom. The van der Waals surface area contributed by atoms with E-state index in [0.717, 1.165) is 12.1 Å². The highest BCUT2D eigenvalue weighted by molar-refractivity contribution is 7.89. The fraction of sp³-hybridized carbons (Fsp3) is 0.350. The number of halogens is 2. The highest BCUT2D eigenvalue weighted by Gasteiger charge is 2.27. The lowest BCUT2D eigenvalue weighted by Gasteiger charge is -2.32. The van der Waals surface area contributed by atoms with Crippen molar-refractivity contribution >= 4 is 15.9 Å². The van der Waals surface area contributed by atoms with Gasteiger partial charge in [-0.1, -0.05) is 12.1 Å². The maximum Gasteiger partial charge on any atom is 0.256 e. The van der Waals surface area contributed by atoms with Crippen LogP contribution >= 0.6 is 0 Å². The fourth-order valence-electron chi connectivity index (χ4n) is 3.31. The topological polar surface area (TPSA) is 75.7 Å². The highest BCUT2D eigenvalue weighted by Crippen LogP contribution is 2.25. The summed E-state index contributed by atoms with van der Waals surface area (Å²) in [6, 6.07) is 9.13. The number of hydrogen-bond donors (Lipinski definition) is 1. The SMILES string of the molecule is COc1ccc(F)cc1S(=O)(=O)NCC1CCN(C(=O)c2ccccc2F)CC1. The van der Waals surface area contributed by atoms with Gasteiger partial charge in [0.05, 0.1) is 12.7 Å². The largest absolute Gasteiger partial charge is 0.495 e. The van der Waals surface area contributed by atoms with Crippen molar-refractivity contribution in [3.05, 3.63) is 59.7 Å². The third kappa shape index (κ3) is 4.91. The van der Waals surface area contributed by atoms with E-state index in [1.54, 1.807) is 11.0 Å². The van der Waals surface area contributed by atoms with Gasteiger partial charge < -0.3 is 9.64 Å². The standard InChI is InChI=1S/C20H22F2N2O4S/c1-28-18-7-6-15(21)12-19(18)29(26,27)23-13-14-8-10-24(11-9-14)20(25)16-4-2-3-5-17(16)22/h2-7,12,14,23H,8-11,13H2,1H3. The Morgan fingerprint density at radius 2 is 1.86 bits per heavy atom. The summed E-state index contributed by atoms with van der Waals surface area (Å²) in [7, 11) is -2.63. The first kappa shape index (κ1) is 21.2. The number of likely N-dealkylation sites (tertiary alicyclic amines) is 1. The quantitative estimate of drug-likeness (QED) is 0.774. The van der Waals surface area contributed by atoms with Crippen LogP contribution < -0.4 is 9.46 Å². The molecule has 9 heteroatoms. The second-order valence-electron chi connectivity index (χ2n) is 6.86. The predicted octanol–water partition coefficient (Wildman–Crippen LogP) is 2.80. The van der Waals surface area contributed by atoms with Gasteiger partial charge in [-0.25, -0.2) is 21.9 Å². The molecule has 1 aliphatic rings. The predicted molar refractivity (Wildman–Crippen MR) is 103 cm³/mol. The second-order valence-corrected chi connectivity index (χ2v) is 8.60. The van der Waals surface area contributed by atoms with E-state index in [1.807, 2.05) is 0 Å². The van der Waals surface area contributed by atoms with E-state index in [0.29, 0.717) is 25.9 Å². The molecule has 1 fully saturated rings. The lowest BCUT2D eigenvalue weighted by molar-refractivity contribution is 0.0687. The third-order valence-electron chi connectivity index (χ3n) is 4.98. The molecular weight excluding hydrogens is 402 g/mol. The zero-order valence-electron chi connectivity index (χ0n) is 15.9. The molecule has 1 amide bonds. The van der Waals surface area contributed by atoms with Gasteiger partial charge in [0, 0.05) is 19.6 Å². The molecule has 0 radical (unpaired) electrons. The zero-order chi connectivity index (χ0) is 21.0. The van der Waals surface area contributed by atoms with Crippen LogP contribution in [0.15, 0.2) is 47.4 Å². The minimum absolute atomic E-state index is 0.00833. The van der Waals surface area contributed by atoms with Crippen LogP contribution in [0.3, 0.4) is 0 Å². The molecule has 156 valence electrons. The van der Waals surface area contributed by atoms with Gasteiger partial charge >= 0.3 is 0 Å². The van der Waals surface area contributed by atoms with Crippen molar-refractivity contribution in [2.45, 2.75) is 17.7 Å². The molecule has 1 aliphatic heterocycles. The van der Waals surface area contributed by atoms with Gasteiger partial charge in [-0.05, 0) is 49.1 Å². The lowest BCUT2D eigenvalue weighted by atomic mass is 9.96.